The van der Waals surface area contributed by atoms with Crippen LogP contribution in [0.1, 0.15) is 29.5 Å². The minimum Gasteiger partial charge on any atom is -0.396 e. The maximum absolute atomic E-state index is 11.9. The van der Waals surface area contributed by atoms with Crippen molar-refractivity contribution in [3.8, 4) is 0 Å². The van der Waals surface area contributed by atoms with E-state index in [-0.39, 0.29) is 18.7 Å². The van der Waals surface area contributed by atoms with E-state index in [2.05, 4.69) is 24.4 Å². The second kappa shape index (κ2) is 7.38. The van der Waals surface area contributed by atoms with Crippen molar-refractivity contribution < 1.29 is 9.90 Å². The summed E-state index contributed by atoms with van der Waals surface area (Å²) in [7, 11) is 1.79. The summed E-state index contributed by atoms with van der Waals surface area (Å²) in [6.45, 7) is 4.82. The molecule has 5 heteroatoms. The number of aliphatic hydroxyl groups is 1. The molecule has 0 aliphatic carbocycles. The summed E-state index contributed by atoms with van der Waals surface area (Å²) in [5.74, 6) is 0. The average Bonchev–Trinajstić information content (AvgIpc) is 2.72. The van der Waals surface area contributed by atoms with Crippen molar-refractivity contribution in [3.05, 3.63) is 21.9 Å². The molecule has 0 aliphatic heterocycles. The predicted molar refractivity (Wildman–Crippen MR) is 74.8 cm³/mol. The van der Waals surface area contributed by atoms with Gasteiger partial charge in [-0.15, -0.1) is 11.3 Å². The summed E-state index contributed by atoms with van der Waals surface area (Å²) in [5, 5.41) is 11.7. The minimum atomic E-state index is -0.0634. The lowest BCUT2D eigenvalue weighted by molar-refractivity contribution is 0.201. The van der Waals surface area contributed by atoms with Crippen molar-refractivity contribution in [2.24, 2.45) is 0 Å². The van der Waals surface area contributed by atoms with Crippen LogP contribution in [0.25, 0.3) is 0 Å². The molecule has 0 fully saturated rings. The molecule has 0 aliphatic rings. The van der Waals surface area contributed by atoms with E-state index in [0.717, 1.165) is 12.8 Å². The predicted octanol–water partition coefficient (Wildman–Crippen LogP) is 2.36. The molecule has 2 N–H and O–H groups in total. The molecule has 1 rings (SSSR count). The number of urea groups is 1. The number of carbonyl (C=O) groups excluding carboxylic acids is 1. The fourth-order valence-corrected chi connectivity index (χ4v) is 2.61. The highest BCUT2D eigenvalue weighted by Crippen LogP contribution is 2.16. The highest BCUT2D eigenvalue weighted by Gasteiger charge is 2.12. The van der Waals surface area contributed by atoms with E-state index in [4.69, 9.17) is 5.11 Å². The fourth-order valence-electron chi connectivity index (χ4n) is 1.67. The molecule has 1 aromatic rings. The van der Waals surface area contributed by atoms with Gasteiger partial charge in [-0.3, -0.25) is 0 Å². The Morgan fingerprint density at radius 2 is 2.28 bits per heavy atom. The van der Waals surface area contributed by atoms with Gasteiger partial charge in [-0.25, -0.2) is 4.79 Å². The zero-order valence-electron chi connectivity index (χ0n) is 11.3. The minimum absolute atomic E-state index is 0.0634. The van der Waals surface area contributed by atoms with Crippen LogP contribution in [0.15, 0.2) is 12.1 Å². The van der Waals surface area contributed by atoms with E-state index in [1.54, 1.807) is 23.3 Å². The molecule has 18 heavy (non-hydrogen) atoms. The number of nitrogens with zero attached hydrogens (tertiary/aromatic N) is 1. The van der Waals surface area contributed by atoms with Gasteiger partial charge in [0.2, 0.25) is 0 Å². The zero-order chi connectivity index (χ0) is 13.5. The van der Waals surface area contributed by atoms with Crippen LogP contribution in [0.2, 0.25) is 0 Å². The van der Waals surface area contributed by atoms with E-state index >= 15 is 0 Å². The largest absolute Gasteiger partial charge is 0.396 e. The van der Waals surface area contributed by atoms with Crippen molar-refractivity contribution in [1.82, 2.24) is 10.2 Å². The molecule has 4 nitrogen and oxygen atoms in total. The first-order valence-corrected chi connectivity index (χ1v) is 7.02. The standard InChI is InChI=1S/C13H22N2O2S/c1-10(5-4-8-16)14-13(17)15(3)9-12-7-6-11(2)18-12/h6-7,10,16H,4-5,8-9H2,1-3H3,(H,14,17). The highest BCUT2D eigenvalue weighted by atomic mass is 32.1. The third-order valence-electron chi connectivity index (χ3n) is 2.70. The van der Waals surface area contributed by atoms with Gasteiger partial charge in [0.1, 0.15) is 0 Å². The summed E-state index contributed by atoms with van der Waals surface area (Å²) in [4.78, 5) is 16.0. The Hall–Kier alpha value is -1.07. The van der Waals surface area contributed by atoms with Crippen LogP contribution < -0.4 is 5.32 Å². The quantitative estimate of drug-likeness (QED) is 0.833. The normalized spacial score (nSPS) is 12.2. The fraction of sp³-hybridized carbons (Fsp3) is 0.615. The second-order valence-corrected chi connectivity index (χ2v) is 5.96. The lowest BCUT2D eigenvalue weighted by Gasteiger charge is -2.20. The number of thiophene rings is 1. The summed E-state index contributed by atoms with van der Waals surface area (Å²) >= 11 is 1.71. The Balaban J connectivity index is 2.36. The van der Waals surface area contributed by atoms with Gasteiger partial charge in [0.05, 0.1) is 6.54 Å². The summed E-state index contributed by atoms with van der Waals surface area (Å²) in [6.07, 6.45) is 1.52. The van der Waals surface area contributed by atoms with Crippen LogP contribution in [-0.2, 0) is 6.54 Å². The van der Waals surface area contributed by atoms with Crippen LogP contribution >= 0.6 is 11.3 Å². The molecule has 1 aromatic heterocycles. The van der Waals surface area contributed by atoms with Gasteiger partial charge in [0, 0.05) is 29.5 Å². The van der Waals surface area contributed by atoms with Crippen molar-refractivity contribution in [2.75, 3.05) is 13.7 Å². The van der Waals surface area contributed by atoms with Crippen LogP contribution in [0.4, 0.5) is 4.79 Å². The van der Waals surface area contributed by atoms with Crippen LogP contribution in [-0.4, -0.2) is 35.7 Å². The van der Waals surface area contributed by atoms with Crippen LogP contribution in [0.3, 0.4) is 0 Å². The number of amides is 2. The number of aliphatic hydroxyl groups excluding tert-OH is 1. The van der Waals surface area contributed by atoms with E-state index in [1.165, 1.54) is 9.75 Å². The number of rotatable bonds is 6. The van der Waals surface area contributed by atoms with Gasteiger partial charge < -0.3 is 15.3 Å². The molecular formula is C13H22N2O2S. The number of hydrogen-bond acceptors (Lipinski definition) is 3. The van der Waals surface area contributed by atoms with Crippen LogP contribution in [0, 0.1) is 6.92 Å². The molecule has 0 radical (unpaired) electrons. The van der Waals surface area contributed by atoms with Crippen molar-refractivity contribution in [3.63, 3.8) is 0 Å². The first-order chi connectivity index (χ1) is 8.52. The van der Waals surface area contributed by atoms with Gasteiger partial charge in [-0.1, -0.05) is 0 Å². The topological polar surface area (TPSA) is 52.6 Å². The molecule has 102 valence electrons. The summed E-state index contributed by atoms with van der Waals surface area (Å²) < 4.78 is 0. The number of nitrogens with one attached hydrogen (secondary N) is 1. The second-order valence-electron chi connectivity index (χ2n) is 4.58. The molecule has 1 heterocycles. The van der Waals surface area contributed by atoms with Crippen molar-refractivity contribution in [2.45, 2.75) is 39.3 Å². The Labute approximate surface area is 113 Å². The highest BCUT2D eigenvalue weighted by molar-refractivity contribution is 7.11. The summed E-state index contributed by atoms with van der Waals surface area (Å²) in [6, 6.07) is 4.15. The van der Waals surface area contributed by atoms with E-state index in [9.17, 15) is 4.79 Å². The molecule has 0 bridgehead atoms. The van der Waals surface area contributed by atoms with Crippen LogP contribution in [0.5, 0.6) is 0 Å². The lowest BCUT2D eigenvalue weighted by Crippen LogP contribution is -2.41. The monoisotopic (exact) mass is 270 g/mol. The molecule has 1 unspecified atom stereocenters. The SMILES string of the molecule is Cc1ccc(CN(C)C(=O)NC(C)CCCO)s1. The Bertz CT molecular complexity index is 379. The van der Waals surface area contributed by atoms with E-state index in [0.29, 0.717) is 6.54 Å². The summed E-state index contributed by atoms with van der Waals surface area (Å²) in [5.41, 5.74) is 0. The molecule has 2 amide bonds. The molecule has 0 saturated heterocycles. The molecule has 1 atom stereocenters. The first kappa shape index (κ1) is 15.0. The average molecular weight is 270 g/mol. The van der Waals surface area contributed by atoms with Crippen molar-refractivity contribution >= 4 is 17.4 Å². The third-order valence-corrected chi connectivity index (χ3v) is 3.69. The molecule has 0 aromatic carbocycles. The zero-order valence-corrected chi connectivity index (χ0v) is 12.1. The first-order valence-electron chi connectivity index (χ1n) is 6.20. The number of aryl methyl sites for hydroxylation is 1. The smallest absolute Gasteiger partial charge is 0.317 e. The van der Waals surface area contributed by atoms with E-state index < -0.39 is 0 Å². The molecular weight excluding hydrogens is 248 g/mol. The van der Waals surface area contributed by atoms with Gasteiger partial charge in [0.25, 0.3) is 0 Å². The van der Waals surface area contributed by atoms with Gasteiger partial charge in [-0.2, -0.15) is 0 Å². The lowest BCUT2D eigenvalue weighted by atomic mass is 10.2. The van der Waals surface area contributed by atoms with Gasteiger partial charge in [0.15, 0.2) is 0 Å². The number of carbonyl (C=O) groups is 1. The van der Waals surface area contributed by atoms with Gasteiger partial charge >= 0.3 is 6.03 Å². The van der Waals surface area contributed by atoms with Crippen molar-refractivity contribution in [1.29, 1.82) is 0 Å². The third kappa shape index (κ3) is 5.06. The maximum Gasteiger partial charge on any atom is 0.317 e. The Morgan fingerprint density at radius 3 is 2.83 bits per heavy atom. The van der Waals surface area contributed by atoms with Gasteiger partial charge in [-0.05, 0) is 38.8 Å². The Kier molecular flexibility index (Phi) is 6.15. The number of hydrogen-bond donors (Lipinski definition) is 2. The molecule has 0 saturated carbocycles. The maximum atomic E-state index is 11.9. The van der Waals surface area contributed by atoms with E-state index in [1.807, 2.05) is 6.92 Å². The molecule has 0 spiro atoms. The Morgan fingerprint density at radius 1 is 1.56 bits per heavy atom.